The molecule has 0 spiro atoms. The van der Waals surface area contributed by atoms with Crippen molar-refractivity contribution in [1.82, 2.24) is 20.2 Å². The molecule has 3 N–H and O–H groups in total. The van der Waals surface area contributed by atoms with Crippen molar-refractivity contribution in [3.63, 3.8) is 0 Å². The van der Waals surface area contributed by atoms with E-state index in [0.29, 0.717) is 0 Å². The zero-order valence-corrected chi connectivity index (χ0v) is 17.0. The summed E-state index contributed by atoms with van der Waals surface area (Å²) >= 11 is 0. The number of carboxylic acid groups (broad SMARTS) is 1. The van der Waals surface area contributed by atoms with E-state index in [2.05, 4.69) is 22.2 Å². The summed E-state index contributed by atoms with van der Waals surface area (Å²) < 4.78 is 11.1. The van der Waals surface area contributed by atoms with Gasteiger partial charge in [0.15, 0.2) is 0 Å². The SMILES string of the molecule is C=C(C)OC(=O)NC(Cc1cn(C(=O)OC(C)(C)C)cn1)C(=O)NC(C)C(=O)O. The molecule has 0 radical (unpaired) electrons. The van der Waals surface area contributed by atoms with E-state index < -0.39 is 41.7 Å². The van der Waals surface area contributed by atoms with Gasteiger partial charge >= 0.3 is 18.2 Å². The first-order valence-corrected chi connectivity index (χ1v) is 8.71. The molecule has 1 heterocycles. The van der Waals surface area contributed by atoms with Gasteiger partial charge in [-0.25, -0.2) is 19.1 Å². The highest BCUT2D eigenvalue weighted by Crippen LogP contribution is 2.10. The number of hydrogen-bond acceptors (Lipinski definition) is 7. The van der Waals surface area contributed by atoms with E-state index in [9.17, 15) is 19.2 Å². The summed E-state index contributed by atoms with van der Waals surface area (Å²) in [5, 5.41) is 13.5. The fourth-order valence-corrected chi connectivity index (χ4v) is 2.01. The van der Waals surface area contributed by atoms with Gasteiger partial charge in [-0.15, -0.1) is 0 Å². The van der Waals surface area contributed by atoms with Gasteiger partial charge in [0.2, 0.25) is 5.91 Å². The van der Waals surface area contributed by atoms with Gasteiger partial charge in [-0.2, -0.15) is 0 Å². The molecule has 0 saturated carbocycles. The van der Waals surface area contributed by atoms with Gasteiger partial charge in [-0.05, 0) is 34.6 Å². The lowest BCUT2D eigenvalue weighted by atomic mass is 10.1. The predicted octanol–water partition coefficient (Wildman–Crippen LogP) is 1.43. The molecule has 2 atom stereocenters. The number of carboxylic acids is 1. The topological polar surface area (TPSA) is 149 Å². The number of allylic oxidation sites excluding steroid dienone is 1. The molecule has 11 nitrogen and oxygen atoms in total. The Hall–Kier alpha value is -3.37. The molecule has 2 unspecified atom stereocenters. The lowest BCUT2D eigenvalue weighted by Crippen LogP contribution is -2.51. The third-order valence-corrected chi connectivity index (χ3v) is 3.26. The van der Waals surface area contributed by atoms with Crippen LogP contribution >= 0.6 is 0 Å². The summed E-state index contributed by atoms with van der Waals surface area (Å²) in [6.07, 6.45) is 0.836. The Balaban J connectivity index is 2.95. The van der Waals surface area contributed by atoms with Crippen LogP contribution in [0.1, 0.15) is 40.3 Å². The minimum atomic E-state index is -1.24. The Morgan fingerprint density at radius 2 is 1.90 bits per heavy atom. The monoisotopic (exact) mass is 410 g/mol. The van der Waals surface area contributed by atoms with Crippen molar-refractivity contribution >= 4 is 24.1 Å². The molecule has 0 aliphatic heterocycles. The second-order valence-corrected chi connectivity index (χ2v) is 7.31. The number of aliphatic carboxylic acids is 1. The van der Waals surface area contributed by atoms with E-state index in [1.165, 1.54) is 26.4 Å². The van der Waals surface area contributed by atoms with Crippen LogP contribution in [0.4, 0.5) is 9.59 Å². The Bertz CT molecular complexity index is 794. The van der Waals surface area contributed by atoms with Crippen LogP contribution in [0.25, 0.3) is 0 Å². The molecule has 0 aliphatic rings. The van der Waals surface area contributed by atoms with E-state index in [1.807, 2.05) is 0 Å². The second-order valence-electron chi connectivity index (χ2n) is 7.31. The van der Waals surface area contributed by atoms with Crippen LogP contribution in [0.2, 0.25) is 0 Å². The molecule has 11 heteroatoms. The maximum Gasteiger partial charge on any atom is 0.419 e. The third kappa shape index (κ3) is 8.45. The van der Waals surface area contributed by atoms with Crippen molar-refractivity contribution in [2.75, 3.05) is 0 Å². The predicted molar refractivity (Wildman–Crippen MR) is 101 cm³/mol. The molecule has 0 bridgehead atoms. The van der Waals surface area contributed by atoms with E-state index in [-0.39, 0.29) is 17.9 Å². The first-order valence-electron chi connectivity index (χ1n) is 8.71. The Morgan fingerprint density at radius 3 is 2.41 bits per heavy atom. The van der Waals surface area contributed by atoms with Gasteiger partial charge in [0.05, 0.1) is 11.5 Å². The average Bonchev–Trinajstić information content (AvgIpc) is 3.00. The van der Waals surface area contributed by atoms with Crippen molar-refractivity contribution in [1.29, 1.82) is 0 Å². The minimum absolute atomic E-state index is 0.106. The van der Waals surface area contributed by atoms with Crippen molar-refractivity contribution in [2.45, 2.75) is 58.7 Å². The number of imidazole rings is 1. The number of ether oxygens (including phenoxy) is 2. The smallest absolute Gasteiger partial charge is 0.419 e. The Labute approximate surface area is 168 Å². The average molecular weight is 410 g/mol. The molecular weight excluding hydrogens is 384 g/mol. The fraction of sp³-hybridized carbons (Fsp3) is 0.500. The van der Waals surface area contributed by atoms with Gasteiger partial charge in [-0.3, -0.25) is 9.59 Å². The molecule has 29 heavy (non-hydrogen) atoms. The summed E-state index contributed by atoms with van der Waals surface area (Å²) in [7, 11) is 0. The van der Waals surface area contributed by atoms with E-state index in [1.54, 1.807) is 20.8 Å². The zero-order chi connectivity index (χ0) is 22.4. The molecule has 0 saturated heterocycles. The highest BCUT2D eigenvalue weighted by atomic mass is 16.6. The van der Waals surface area contributed by atoms with Gasteiger partial charge < -0.3 is 25.2 Å². The number of nitrogens with one attached hydrogen (secondary N) is 2. The maximum atomic E-state index is 12.4. The number of rotatable bonds is 7. The first-order chi connectivity index (χ1) is 13.3. The van der Waals surface area contributed by atoms with E-state index in [4.69, 9.17) is 14.6 Å². The quantitative estimate of drug-likeness (QED) is 0.572. The molecule has 1 rings (SSSR count). The lowest BCUT2D eigenvalue weighted by molar-refractivity contribution is -0.141. The summed E-state index contributed by atoms with van der Waals surface area (Å²) in [5.41, 5.74) is -0.417. The zero-order valence-electron chi connectivity index (χ0n) is 17.0. The van der Waals surface area contributed by atoms with Crippen molar-refractivity contribution in [3.05, 3.63) is 30.6 Å². The van der Waals surface area contributed by atoms with Crippen LogP contribution in [-0.2, 0) is 25.5 Å². The molecule has 0 aromatic carbocycles. The van der Waals surface area contributed by atoms with Crippen molar-refractivity contribution in [3.8, 4) is 0 Å². The highest BCUT2D eigenvalue weighted by molar-refractivity contribution is 5.89. The largest absolute Gasteiger partial charge is 0.480 e. The van der Waals surface area contributed by atoms with Crippen LogP contribution in [0.5, 0.6) is 0 Å². The summed E-state index contributed by atoms with van der Waals surface area (Å²) in [4.78, 5) is 51.3. The maximum absolute atomic E-state index is 12.4. The van der Waals surface area contributed by atoms with Crippen molar-refractivity contribution < 1.29 is 33.8 Å². The van der Waals surface area contributed by atoms with E-state index >= 15 is 0 Å². The summed E-state index contributed by atoms with van der Waals surface area (Å²) in [5.74, 6) is -1.89. The highest BCUT2D eigenvalue weighted by Gasteiger charge is 2.26. The molecular formula is C18H26N4O7. The summed E-state index contributed by atoms with van der Waals surface area (Å²) in [6, 6.07) is -2.38. The van der Waals surface area contributed by atoms with Gasteiger partial charge in [0.25, 0.3) is 0 Å². The Morgan fingerprint density at radius 1 is 1.28 bits per heavy atom. The number of aromatic nitrogens is 2. The molecule has 1 aromatic heterocycles. The summed E-state index contributed by atoms with van der Waals surface area (Å²) in [6.45, 7) is 11.3. The number of alkyl carbamates (subject to hydrolysis) is 1. The second kappa shape index (κ2) is 9.71. The molecule has 160 valence electrons. The number of hydrogen-bond donors (Lipinski definition) is 3. The number of carbonyl (C=O) groups is 4. The van der Waals surface area contributed by atoms with Crippen LogP contribution in [-0.4, -0.2) is 56.4 Å². The van der Waals surface area contributed by atoms with Crippen LogP contribution in [0.3, 0.4) is 0 Å². The van der Waals surface area contributed by atoms with E-state index in [0.717, 1.165) is 4.57 Å². The Kier molecular flexibility index (Phi) is 7.93. The number of carbonyl (C=O) groups excluding carboxylic acids is 3. The van der Waals surface area contributed by atoms with Gasteiger partial charge in [0, 0.05) is 12.6 Å². The van der Waals surface area contributed by atoms with Crippen LogP contribution in [0, 0.1) is 0 Å². The standard InChI is InChI=1S/C18H26N4O7/c1-10(2)28-16(26)21-13(14(23)20-11(3)15(24)25)7-12-8-22(9-19-12)17(27)29-18(4,5)6/h8-9,11,13H,1,7H2,2-6H3,(H,20,23)(H,21,26)(H,24,25). The minimum Gasteiger partial charge on any atom is -0.480 e. The number of nitrogens with zero attached hydrogens (tertiary/aromatic N) is 2. The van der Waals surface area contributed by atoms with Gasteiger partial charge in [0.1, 0.15) is 24.0 Å². The molecule has 2 amide bonds. The first kappa shape index (κ1) is 23.7. The van der Waals surface area contributed by atoms with Crippen LogP contribution < -0.4 is 10.6 Å². The van der Waals surface area contributed by atoms with Crippen molar-refractivity contribution in [2.24, 2.45) is 0 Å². The molecule has 0 aliphatic carbocycles. The molecule has 1 aromatic rings. The van der Waals surface area contributed by atoms with Crippen LogP contribution in [0.15, 0.2) is 24.9 Å². The van der Waals surface area contributed by atoms with Gasteiger partial charge in [-0.1, -0.05) is 6.58 Å². The fourth-order valence-electron chi connectivity index (χ4n) is 2.01. The number of amides is 2. The normalized spacial score (nSPS) is 13.0. The lowest BCUT2D eigenvalue weighted by Gasteiger charge is -2.19. The third-order valence-electron chi connectivity index (χ3n) is 3.26. The molecule has 0 fully saturated rings.